The highest BCUT2D eigenvalue weighted by Gasteiger charge is 2.16. The van der Waals surface area contributed by atoms with Crippen molar-refractivity contribution in [3.8, 4) is 5.69 Å². The summed E-state index contributed by atoms with van der Waals surface area (Å²) in [4.78, 5) is 11.8. The van der Waals surface area contributed by atoms with E-state index in [0.717, 1.165) is 11.4 Å². The third kappa shape index (κ3) is 3.53. The van der Waals surface area contributed by atoms with Gasteiger partial charge in [-0.2, -0.15) is 5.10 Å². The number of hydrogen-bond acceptors (Lipinski definition) is 5. The van der Waals surface area contributed by atoms with Gasteiger partial charge in [-0.1, -0.05) is 18.2 Å². The van der Waals surface area contributed by atoms with E-state index < -0.39 is 0 Å². The number of carbonyl (C=O) groups is 1. The maximum absolute atomic E-state index is 11.8. The Bertz CT molecular complexity index is 733. The Labute approximate surface area is 135 Å². The average Bonchev–Trinajstić information content (AvgIpc) is 2.83. The van der Waals surface area contributed by atoms with Crippen LogP contribution in [-0.2, 0) is 9.53 Å². The summed E-state index contributed by atoms with van der Waals surface area (Å²) >= 11 is 0. The van der Waals surface area contributed by atoms with Gasteiger partial charge in [0.25, 0.3) is 0 Å². The summed E-state index contributed by atoms with van der Waals surface area (Å²) in [6, 6.07) is 9.65. The molecule has 0 atom stereocenters. The number of para-hydroxylation sites is 1. The van der Waals surface area contributed by atoms with Crippen molar-refractivity contribution in [3.05, 3.63) is 47.3 Å². The Morgan fingerprint density at radius 2 is 1.96 bits per heavy atom. The van der Waals surface area contributed by atoms with E-state index in [-0.39, 0.29) is 5.97 Å². The normalized spacial score (nSPS) is 11.8. The number of anilines is 2. The van der Waals surface area contributed by atoms with Gasteiger partial charge in [-0.25, -0.2) is 9.48 Å². The maximum Gasteiger partial charge on any atom is 0.335 e. The first-order chi connectivity index (χ1) is 11.0. The van der Waals surface area contributed by atoms with Gasteiger partial charge in [-0.3, -0.25) is 0 Å². The van der Waals surface area contributed by atoms with Crippen molar-refractivity contribution >= 4 is 17.5 Å². The van der Waals surface area contributed by atoms with Gasteiger partial charge in [0, 0.05) is 5.70 Å². The van der Waals surface area contributed by atoms with Crippen molar-refractivity contribution in [2.45, 2.75) is 27.7 Å². The summed E-state index contributed by atoms with van der Waals surface area (Å²) in [5.41, 5.74) is 9.74. The fraction of sp³-hybridized carbons (Fsp3) is 0.294. The van der Waals surface area contributed by atoms with Crippen LogP contribution in [0, 0.1) is 6.92 Å². The van der Waals surface area contributed by atoms with Crippen LogP contribution in [0.5, 0.6) is 0 Å². The molecular weight excluding hydrogens is 292 g/mol. The number of aromatic nitrogens is 2. The first-order valence-electron chi connectivity index (χ1n) is 7.47. The first kappa shape index (κ1) is 16.6. The van der Waals surface area contributed by atoms with Crippen molar-refractivity contribution in [3.63, 3.8) is 0 Å². The average molecular weight is 314 g/mol. The molecule has 0 spiro atoms. The molecule has 1 aromatic carbocycles. The zero-order chi connectivity index (χ0) is 17.0. The van der Waals surface area contributed by atoms with Crippen molar-refractivity contribution < 1.29 is 9.53 Å². The molecule has 2 aromatic rings. The van der Waals surface area contributed by atoms with Gasteiger partial charge in [0.2, 0.25) is 0 Å². The van der Waals surface area contributed by atoms with Gasteiger partial charge >= 0.3 is 5.97 Å². The van der Waals surface area contributed by atoms with Gasteiger partial charge in [-0.15, -0.1) is 0 Å². The number of nitrogen functional groups attached to an aromatic ring is 1. The molecule has 6 nitrogen and oxygen atoms in total. The van der Waals surface area contributed by atoms with E-state index in [9.17, 15) is 4.79 Å². The topological polar surface area (TPSA) is 82.2 Å². The van der Waals surface area contributed by atoms with Crippen molar-refractivity contribution in [2.75, 3.05) is 17.7 Å². The number of rotatable bonds is 5. The Morgan fingerprint density at radius 3 is 2.57 bits per heavy atom. The molecule has 0 saturated carbocycles. The number of allylic oxidation sites excluding steroid dienone is 1. The lowest BCUT2D eigenvalue weighted by Gasteiger charge is -2.11. The van der Waals surface area contributed by atoms with Crippen LogP contribution in [0.1, 0.15) is 26.5 Å². The van der Waals surface area contributed by atoms with E-state index in [2.05, 4.69) is 10.4 Å². The smallest absolute Gasteiger partial charge is 0.335 e. The zero-order valence-corrected chi connectivity index (χ0v) is 13.9. The molecule has 0 amide bonds. The Hall–Kier alpha value is -2.76. The molecule has 0 aliphatic carbocycles. The number of nitrogens with zero attached hydrogens (tertiary/aromatic N) is 2. The molecule has 0 fully saturated rings. The number of ether oxygens (including phenoxy) is 1. The SMILES string of the molecule is CCOC(=O)/C(C)=C(\C)Nc1c(C)nn(-c2ccccc2)c1N. The third-order valence-corrected chi connectivity index (χ3v) is 3.55. The zero-order valence-electron chi connectivity index (χ0n) is 13.9. The fourth-order valence-corrected chi connectivity index (χ4v) is 2.14. The lowest BCUT2D eigenvalue weighted by atomic mass is 10.2. The van der Waals surface area contributed by atoms with Gasteiger partial charge in [0.15, 0.2) is 5.82 Å². The van der Waals surface area contributed by atoms with Crippen LogP contribution in [0.3, 0.4) is 0 Å². The van der Waals surface area contributed by atoms with Crippen LogP contribution in [0.4, 0.5) is 11.5 Å². The molecule has 3 N–H and O–H groups in total. The van der Waals surface area contributed by atoms with E-state index in [1.807, 2.05) is 44.2 Å². The van der Waals surface area contributed by atoms with Crippen LogP contribution in [0.2, 0.25) is 0 Å². The Kier molecular flexibility index (Phi) is 5.05. The number of carbonyl (C=O) groups excluding carboxylic acids is 1. The minimum absolute atomic E-state index is 0.343. The highest BCUT2D eigenvalue weighted by Crippen LogP contribution is 2.27. The summed E-state index contributed by atoms with van der Waals surface area (Å²) in [6.07, 6.45) is 0. The maximum atomic E-state index is 11.8. The molecule has 0 aliphatic rings. The minimum Gasteiger partial charge on any atom is -0.463 e. The predicted octanol–water partition coefficient (Wildman–Crippen LogP) is 3.03. The fourth-order valence-electron chi connectivity index (χ4n) is 2.14. The third-order valence-electron chi connectivity index (χ3n) is 3.55. The lowest BCUT2D eigenvalue weighted by molar-refractivity contribution is -0.138. The second-order valence-electron chi connectivity index (χ2n) is 5.19. The molecule has 122 valence electrons. The number of nitrogens with two attached hydrogens (primary N) is 1. The van der Waals surface area contributed by atoms with E-state index >= 15 is 0 Å². The van der Waals surface area contributed by atoms with E-state index in [0.29, 0.717) is 29.4 Å². The number of benzene rings is 1. The standard InChI is InChI=1S/C17H22N4O2/c1-5-23-17(22)11(2)12(3)19-15-13(4)20-21(16(15)18)14-9-7-6-8-10-14/h6-10,19H,5,18H2,1-4H3/b12-11+. The summed E-state index contributed by atoms with van der Waals surface area (Å²) in [7, 11) is 0. The van der Waals surface area contributed by atoms with E-state index in [1.54, 1.807) is 18.5 Å². The highest BCUT2D eigenvalue weighted by atomic mass is 16.5. The Balaban J connectivity index is 2.33. The molecule has 0 bridgehead atoms. The van der Waals surface area contributed by atoms with Crippen molar-refractivity contribution in [1.29, 1.82) is 0 Å². The summed E-state index contributed by atoms with van der Waals surface area (Å²) in [5.74, 6) is 0.147. The Morgan fingerprint density at radius 1 is 1.30 bits per heavy atom. The molecule has 1 aromatic heterocycles. The number of aryl methyl sites for hydroxylation is 1. The van der Waals surface area contributed by atoms with Gasteiger partial charge in [0.1, 0.15) is 5.69 Å². The van der Waals surface area contributed by atoms with Gasteiger partial charge in [0.05, 0.1) is 23.6 Å². The van der Waals surface area contributed by atoms with E-state index in [4.69, 9.17) is 10.5 Å². The predicted molar refractivity (Wildman–Crippen MR) is 91.3 cm³/mol. The summed E-state index contributed by atoms with van der Waals surface area (Å²) in [5, 5.41) is 7.64. The molecule has 0 radical (unpaired) electrons. The van der Waals surface area contributed by atoms with Crippen molar-refractivity contribution in [2.24, 2.45) is 0 Å². The van der Waals surface area contributed by atoms with Gasteiger partial charge in [-0.05, 0) is 39.8 Å². The van der Waals surface area contributed by atoms with Gasteiger partial charge < -0.3 is 15.8 Å². The van der Waals surface area contributed by atoms with Crippen LogP contribution >= 0.6 is 0 Å². The minimum atomic E-state index is -0.343. The molecule has 0 saturated heterocycles. The molecule has 2 rings (SSSR count). The highest BCUT2D eigenvalue weighted by molar-refractivity contribution is 5.89. The van der Waals surface area contributed by atoms with Crippen molar-refractivity contribution in [1.82, 2.24) is 9.78 Å². The quantitative estimate of drug-likeness (QED) is 0.655. The van der Waals surface area contributed by atoms with Crippen LogP contribution in [0.15, 0.2) is 41.6 Å². The monoisotopic (exact) mass is 314 g/mol. The van der Waals surface area contributed by atoms with E-state index in [1.165, 1.54) is 0 Å². The molecule has 1 heterocycles. The first-order valence-corrected chi connectivity index (χ1v) is 7.47. The van der Waals surface area contributed by atoms with Crippen LogP contribution in [0.25, 0.3) is 5.69 Å². The van der Waals surface area contributed by atoms with Crippen LogP contribution in [-0.4, -0.2) is 22.4 Å². The largest absolute Gasteiger partial charge is 0.463 e. The summed E-state index contributed by atoms with van der Waals surface area (Å²) < 4.78 is 6.68. The number of nitrogens with one attached hydrogen (secondary N) is 1. The molecule has 6 heteroatoms. The second kappa shape index (κ2) is 7.00. The summed E-state index contributed by atoms with van der Waals surface area (Å²) in [6.45, 7) is 7.51. The molecule has 0 aliphatic heterocycles. The number of hydrogen-bond donors (Lipinski definition) is 2. The molecule has 23 heavy (non-hydrogen) atoms. The molecule has 0 unspecified atom stereocenters. The number of esters is 1. The second-order valence-corrected chi connectivity index (χ2v) is 5.19. The van der Waals surface area contributed by atoms with Crippen LogP contribution < -0.4 is 11.1 Å². The molecular formula is C17H22N4O2. The lowest BCUT2D eigenvalue weighted by Crippen LogP contribution is -2.11.